The van der Waals surface area contributed by atoms with Crippen LogP contribution in [0, 0.1) is 5.92 Å². The average Bonchev–Trinajstić information content (AvgIpc) is 2.75. The molecule has 5 nitrogen and oxygen atoms in total. The Labute approximate surface area is 166 Å². The Morgan fingerprint density at radius 2 is 1.75 bits per heavy atom. The molecule has 1 fully saturated rings. The van der Waals surface area contributed by atoms with Crippen LogP contribution >= 0.6 is 0 Å². The van der Waals surface area contributed by atoms with E-state index in [0.29, 0.717) is 12.5 Å². The summed E-state index contributed by atoms with van der Waals surface area (Å²) in [4.78, 5) is 2.42. The second-order valence-electron chi connectivity index (χ2n) is 7.32. The summed E-state index contributed by atoms with van der Waals surface area (Å²) in [5.74, 6) is 1.41. The van der Waals surface area contributed by atoms with Crippen LogP contribution in [0.25, 0.3) is 5.57 Å². The normalized spacial score (nSPS) is 17.2. The molecule has 1 saturated heterocycles. The molecule has 2 heterocycles. The second-order valence-corrected chi connectivity index (χ2v) is 7.32. The molecule has 0 amide bonds. The van der Waals surface area contributed by atoms with E-state index in [-0.39, 0.29) is 12.0 Å². The fraction of sp³-hybridized carbons (Fsp3) is 0.391. The highest BCUT2D eigenvalue weighted by Crippen LogP contribution is 2.37. The number of aromatic hydroxyl groups is 1. The van der Waals surface area contributed by atoms with Gasteiger partial charge in [0.05, 0.1) is 0 Å². The Morgan fingerprint density at radius 3 is 2.43 bits per heavy atom. The Bertz CT molecular complexity index is 834. The maximum atomic E-state index is 9.69. The smallest absolute Gasteiger partial charge is 0.159 e. The number of methoxy groups -OCH3 is 2. The lowest BCUT2D eigenvalue weighted by molar-refractivity contribution is -0.141. The molecule has 28 heavy (non-hydrogen) atoms. The molecule has 0 aliphatic carbocycles. The van der Waals surface area contributed by atoms with E-state index < -0.39 is 0 Å². The predicted octanol–water partition coefficient (Wildman–Crippen LogP) is 4.05. The summed E-state index contributed by atoms with van der Waals surface area (Å²) < 4.78 is 16.5. The molecule has 0 saturated carbocycles. The second kappa shape index (κ2) is 8.25. The van der Waals surface area contributed by atoms with Crippen molar-refractivity contribution in [2.45, 2.75) is 19.1 Å². The zero-order valence-electron chi connectivity index (χ0n) is 16.4. The molecule has 2 aromatic carbocycles. The summed E-state index contributed by atoms with van der Waals surface area (Å²) in [6.07, 6.45) is 4.11. The molecule has 0 aromatic heterocycles. The van der Waals surface area contributed by atoms with Crippen LogP contribution in [-0.4, -0.2) is 45.3 Å². The minimum absolute atomic E-state index is 0.107. The van der Waals surface area contributed by atoms with Gasteiger partial charge in [0, 0.05) is 50.5 Å². The number of phenolic OH excluding ortho intramolecular Hbond substituents is 1. The standard InChI is InChI=1S/C23H27NO4/c1-26-23(27-2)17-9-12-24(13-10-17)18-5-3-16(4-6-18)20-11-14-28-22-15-19(25)7-8-21(20)22/h3-8,11,15,17,23,25H,9-10,12-14H2,1-2H3. The minimum Gasteiger partial charge on any atom is -0.508 e. The molecule has 0 radical (unpaired) electrons. The number of rotatable bonds is 5. The molecular formula is C23H27NO4. The number of nitrogens with zero attached hydrogens (tertiary/aromatic N) is 1. The molecule has 0 unspecified atom stereocenters. The number of fused-ring (bicyclic) bond motifs is 1. The first-order valence-corrected chi connectivity index (χ1v) is 9.77. The van der Waals surface area contributed by atoms with E-state index in [1.807, 2.05) is 6.07 Å². The van der Waals surface area contributed by atoms with Crippen molar-refractivity contribution >= 4 is 11.3 Å². The number of ether oxygens (including phenoxy) is 3. The zero-order chi connectivity index (χ0) is 19.5. The molecule has 2 aliphatic heterocycles. The Morgan fingerprint density at radius 1 is 1.04 bits per heavy atom. The molecule has 1 N–H and O–H groups in total. The molecule has 5 heteroatoms. The Hall–Kier alpha value is -2.50. The molecule has 0 bridgehead atoms. The fourth-order valence-electron chi connectivity index (χ4n) is 4.21. The molecule has 2 aromatic rings. The van der Waals surface area contributed by atoms with Crippen LogP contribution in [0.1, 0.15) is 24.0 Å². The SMILES string of the molecule is COC(OC)C1CCN(c2ccc(C3=CCOc4cc(O)ccc43)cc2)CC1. The van der Waals surface area contributed by atoms with Crippen LogP contribution in [0.3, 0.4) is 0 Å². The number of benzene rings is 2. The molecule has 4 rings (SSSR count). The van der Waals surface area contributed by atoms with Gasteiger partial charge in [-0.25, -0.2) is 0 Å². The fourth-order valence-corrected chi connectivity index (χ4v) is 4.21. The highest BCUT2D eigenvalue weighted by molar-refractivity contribution is 5.84. The van der Waals surface area contributed by atoms with E-state index in [4.69, 9.17) is 14.2 Å². The van der Waals surface area contributed by atoms with E-state index >= 15 is 0 Å². The maximum Gasteiger partial charge on any atom is 0.159 e. The first kappa shape index (κ1) is 18.8. The summed E-state index contributed by atoms with van der Waals surface area (Å²) >= 11 is 0. The lowest BCUT2D eigenvalue weighted by Gasteiger charge is -2.36. The van der Waals surface area contributed by atoms with Crippen molar-refractivity contribution in [1.82, 2.24) is 0 Å². The number of anilines is 1. The van der Waals surface area contributed by atoms with Crippen molar-refractivity contribution in [2.75, 3.05) is 38.8 Å². The Balaban J connectivity index is 1.46. The topological polar surface area (TPSA) is 51.2 Å². The van der Waals surface area contributed by atoms with Crippen LogP contribution in [-0.2, 0) is 9.47 Å². The zero-order valence-corrected chi connectivity index (χ0v) is 16.4. The summed E-state index contributed by atoms with van der Waals surface area (Å²) in [5.41, 5.74) is 4.57. The van der Waals surface area contributed by atoms with Crippen LogP contribution in [0.4, 0.5) is 5.69 Å². The highest BCUT2D eigenvalue weighted by Gasteiger charge is 2.26. The third-order valence-corrected chi connectivity index (χ3v) is 5.71. The van der Waals surface area contributed by atoms with Gasteiger partial charge in [0.1, 0.15) is 18.1 Å². The third-order valence-electron chi connectivity index (χ3n) is 5.71. The van der Waals surface area contributed by atoms with Crippen molar-refractivity contribution in [1.29, 1.82) is 0 Å². The number of hydrogen-bond acceptors (Lipinski definition) is 5. The van der Waals surface area contributed by atoms with E-state index in [1.54, 1.807) is 26.4 Å². The van der Waals surface area contributed by atoms with Crippen molar-refractivity contribution < 1.29 is 19.3 Å². The molecule has 148 valence electrons. The molecule has 0 atom stereocenters. The molecule has 0 spiro atoms. The quantitative estimate of drug-likeness (QED) is 0.792. The van der Waals surface area contributed by atoms with Gasteiger partial charge in [0.25, 0.3) is 0 Å². The highest BCUT2D eigenvalue weighted by atomic mass is 16.7. The van der Waals surface area contributed by atoms with Crippen LogP contribution in [0.2, 0.25) is 0 Å². The summed E-state index contributed by atoms with van der Waals surface area (Å²) in [6.45, 7) is 2.53. The van der Waals surface area contributed by atoms with Gasteiger partial charge in [-0.3, -0.25) is 0 Å². The number of phenols is 1. The predicted molar refractivity (Wildman–Crippen MR) is 110 cm³/mol. The van der Waals surface area contributed by atoms with Crippen LogP contribution in [0.15, 0.2) is 48.5 Å². The summed E-state index contributed by atoms with van der Waals surface area (Å²) in [7, 11) is 3.42. The first-order chi connectivity index (χ1) is 13.7. The number of hydrogen-bond donors (Lipinski definition) is 1. The van der Waals surface area contributed by atoms with Gasteiger partial charge in [0.2, 0.25) is 0 Å². The van der Waals surface area contributed by atoms with Gasteiger partial charge in [-0.2, -0.15) is 0 Å². The van der Waals surface area contributed by atoms with E-state index in [1.165, 1.54) is 5.69 Å². The first-order valence-electron chi connectivity index (χ1n) is 9.77. The minimum atomic E-state index is -0.107. The van der Waals surface area contributed by atoms with Gasteiger partial charge < -0.3 is 24.2 Å². The third kappa shape index (κ3) is 3.73. The van der Waals surface area contributed by atoms with E-state index in [9.17, 15) is 5.11 Å². The van der Waals surface area contributed by atoms with Gasteiger partial charge >= 0.3 is 0 Å². The van der Waals surface area contributed by atoms with Crippen molar-refractivity contribution in [2.24, 2.45) is 5.92 Å². The van der Waals surface area contributed by atoms with Crippen molar-refractivity contribution in [3.63, 3.8) is 0 Å². The van der Waals surface area contributed by atoms with Crippen LogP contribution in [0.5, 0.6) is 11.5 Å². The Kier molecular flexibility index (Phi) is 5.55. The molecular weight excluding hydrogens is 354 g/mol. The van der Waals surface area contributed by atoms with Crippen LogP contribution < -0.4 is 9.64 Å². The summed E-state index contributed by atoms with van der Waals surface area (Å²) in [6, 6.07) is 14.0. The number of piperidine rings is 1. The van der Waals surface area contributed by atoms with E-state index in [2.05, 4.69) is 35.2 Å². The summed E-state index contributed by atoms with van der Waals surface area (Å²) in [5, 5.41) is 9.69. The monoisotopic (exact) mass is 381 g/mol. The largest absolute Gasteiger partial charge is 0.508 e. The lowest BCUT2D eigenvalue weighted by atomic mass is 9.94. The van der Waals surface area contributed by atoms with Crippen molar-refractivity contribution in [3.05, 3.63) is 59.7 Å². The van der Waals surface area contributed by atoms with Gasteiger partial charge in [0.15, 0.2) is 6.29 Å². The van der Waals surface area contributed by atoms with Gasteiger partial charge in [-0.15, -0.1) is 0 Å². The van der Waals surface area contributed by atoms with E-state index in [0.717, 1.165) is 48.4 Å². The van der Waals surface area contributed by atoms with Gasteiger partial charge in [-0.05, 0) is 54.3 Å². The maximum absolute atomic E-state index is 9.69. The lowest BCUT2D eigenvalue weighted by Crippen LogP contribution is -2.39. The van der Waals surface area contributed by atoms with Crippen molar-refractivity contribution in [3.8, 4) is 11.5 Å². The van der Waals surface area contributed by atoms with Gasteiger partial charge in [-0.1, -0.05) is 12.1 Å². The average molecular weight is 381 g/mol. The molecule has 2 aliphatic rings.